The van der Waals surface area contributed by atoms with Crippen LogP contribution in [0.5, 0.6) is 0 Å². The molecule has 9 heteroatoms. The molecule has 0 spiro atoms. The van der Waals surface area contributed by atoms with Crippen molar-refractivity contribution in [3.05, 3.63) is 94.1 Å². The monoisotopic (exact) mass is 477 g/mol. The molecule has 0 saturated carbocycles. The number of pyridine rings is 3. The number of amides is 1. The average Bonchev–Trinajstić information content (AvgIpc) is 3.28. The van der Waals surface area contributed by atoms with Crippen molar-refractivity contribution in [3.63, 3.8) is 0 Å². The number of hydrogen-bond acceptors (Lipinski definition) is 5. The Morgan fingerprint density at radius 1 is 1.11 bits per heavy atom. The number of aryl methyl sites for hydroxylation is 1. The first-order valence-electron chi connectivity index (χ1n) is 11.2. The number of carbonyl (C=O) groups excluding carboxylic acids is 1. The van der Waals surface area contributed by atoms with Crippen LogP contribution >= 0.6 is 0 Å². The number of carbonyl (C=O) groups is 1. The first-order valence-corrected chi connectivity index (χ1v) is 11.2. The number of nitrogens with zero attached hydrogens (tertiary/aromatic N) is 3. The highest BCUT2D eigenvalue weighted by Gasteiger charge is 2.31. The van der Waals surface area contributed by atoms with Crippen molar-refractivity contribution in [2.24, 2.45) is 0 Å². The third-order valence-electron chi connectivity index (χ3n) is 6.06. The largest absolute Gasteiger partial charge is 0.417 e. The van der Waals surface area contributed by atoms with E-state index in [0.29, 0.717) is 35.1 Å². The first-order chi connectivity index (χ1) is 16.8. The molecule has 4 aromatic rings. The van der Waals surface area contributed by atoms with Gasteiger partial charge in [0.05, 0.1) is 11.1 Å². The fraction of sp³-hybridized carbons (Fsp3) is 0.231. The van der Waals surface area contributed by atoms with Gasteiger partial charge in [-0.3, -0.25) is 14.8 Å². The van der Waals surface area contributed by atoms with E-state index < -0.39 is 11.7 Å². The van der Waals surface area contributed by atoms with Crippen molar-refractivity contribution in [2.75, 3.05) is 11.9 Å². The van der Waals surface area contributed by atoms with Crippen molar-refractivity contribution in [1.29, 1.82) is 0 Å². The van der Waals surface area contributed by atoms with Crippen LogP contribution < -0.4 is 10.6 Å². The van der Waals surface area contributed by atoms with E-state index in [2.05, 4.69) is 31.7 Å². The fourth-order valence-corrected chi connectivity index (χ4v) is 4.18. The second-order valence-electron chi connectivity index (χ2n) is 8.56. The zero-order chi connectivity index (χ0) is 24.6. The van der Waals surface area contributed by atoms with E-state index in [-0.39, 0.29) is 5.91 Å². The van der Waals surface area contributed by atoms with Crippen molar-refractivity contribution in [1.82, 2.24) is 20.3 Å². The van der Waals surface area contributed by atoms with Crippen molar-refractivity contribution in [3.8, 4) is 0 Å². The van der Waals surface area contributed by atoms with Gasteiger partial charge in [0.15, 0.2) is 0 Å². The summed E-state index contributed by atoms with van der Waals surface area (Å²) in [4.78, 5) is 25.6. The zero-order valence-corrected chi connectivity index (χ0v) is 18.9. The van der Waals surface area contributed by atoms with Gasteiger partial charge in [0.2, 0.25) is 0 Å². The van der Waals surface area contributed by atoms with Crippen LogP contribution in [0.2, 0.25) is 0 Å². The Hall–Kier alpha value is -4.01. The lowest BCUT2D eigenvalue weighted by molar-refractivity contribution is -0.137. The molecule has 1 amide bonds. The Kier molecular flexibility index (Phi) is 5.84. The number of fused-ring (bicyclic) bond motifs is 2. The average molecular weight is 477 g/mol. The predicted octanol–water partition coefficient (Wildman–Crippen LogP) is 4.84. The van der Waals surface area contributed by atoms with Gasteiger partial charge in [-0.25, -0.2) is 4.98 Å². The van der Waals surface area contributed by atoms with E-state index in [0.717, 1.165) is 53.4 Å². The quantitative estimate of drug-likeness (QED) is 0.430. The minimum atomic E-state index is -4.45. The van der Waals surface area contributed by atoms with Crippen LogP contribution in [0, 0.1) is 6.92 Å². The summed E-state index contributed by atoms with van der Waals surface area (Å²) in [5.41, 5.74) is 4.56. The van der Waals surface area contributed by atoms with Crippen molar-refractivity contribution < 1.29 is 18.0 Å². The topological polar surface area (TPSA) is 79.8 Å². The van der Waals surface area contributed by atoms with Gasteiger partial charge in [0, 0.05) is 54.2 Å². The summed E-state index contributed by atoms with van der Waals surface area (Å²) in [7, 11) is 0. The maximum atomic E-state index is 13.0. The molecule has 1 aliphatic rings. The van der Waals surface area contributed by atoms with Crippen LogP contribution in [0.4, 0.5) is 19.0 Å². The minimum Gasteiger partial charge on any atom is -0.370 e. The smallest absolute Gasteiger partial charge is 0.370 e. The SMILES string of the molecule is Cc1nc2c(cc1CNC(=O)c1ccnc(Cc3ccc4ncc(C(F)(F)F)cc4c3)c1)CCN2. The van der Waals surface area contributed by atoms with Crippen molar-refractivity contribution >= 4 is 22.6 Å². The Morgan fingerprint density at radius 2 is 1.97 bits per heavy atom. The summed E-state index contributed by atoms with van der Waals surface area (Å²) in [6.07, 6.45) is -0.773. The first kappa shape index (κ1) is 22.8. The number of hydrogen-bond donors (Lipinski definition) is 2. The van der Waals surface area contributed by atoms with Gasteiger partial charge in [0.1, 0.15) is 5.82 Å². The van der Waals surface area contributed by atoms with Gasteiger partial charge in [-0.15, -0.1) is 0 Å². The number of nitrogens with one attached hydrogen (secondary N) is 2. The summed E-state index contributed by atoms with van der Waals surface area (Å²) < 4.78 is 39.1. The molecule has 0 bridgehead atoms. The van der Waals surface area contributed by atoms with Gasteiger partial charge in [-0.2, -0.15) is 13.2 Å². The standard InChI is InChI=1S/C26H22F3N5O/c1-15-20(10-17-4-7-31-24(17)34-15)13-33-25(35)18-5-6-30-22(12-18)9-16-2-3-23-19(8-16)11-21(14-32-23)26(27,28)29/h2-3,5-6,8,10-12,14H,4,7,9,13H2,1H3,(H,31,34)(H,33,35). The Bertz CT molecular complexity index is 1430. The maximum absolute atomic E-state index is 13.0. The lowest BCUT2D eigenvalue weighted by atomic mass is 10.0. The summed E-state index contributed by atoms with van der Waals surface area (Å²) in [6.45, 7) is 3.15. The predicted molar refractivity (Wildman–Crippen MR) is 126 cm³/mol. The highest BCUT2D eigenvalue weighted by molar-refractivity contribution is 5.94. The molecule has 3 aromatic heterocycles. The summed E-state index contributed by atoms with van der Waals surface area (Å²) in [5, 5.41) is 6.59. The molecule has 178 valence electrons. The highest BCUT2D eigenvalue weighted by atomic mass is 19.4. The molecule has 0 atom stereocenters. The fourth-order valence-electron chi connectivity index (χ4n) is 4.18. The van der Waals surface area contributed by atoms with Crippen LogP contribution in [0.1, 0.15) is 44.0 Å². The molecule has 0 unspecified atom stereocenters. The van der Waals surface area contributed by atoms with E-state index in [4.69, 9.17) is 0 Å². The molecule has 0 fully saturated rings. The van der Waals surface area contributed by atoms with E-state index in [1.54, 1.807) is 36.5 Å². The molecule has 35 heavy (non-hydrogen) atoms. The molecule has 4 heterocycles. The van der Waals surface area contributed by atoms with E-state index in [9.17, 15) is 18.0 Å². The van der Waals surface area contributed by atoms with Crippen LogP contribution in [-0.2, 0) is 25.6 Å². The Morgan fingerprint density at radius 3 is 2.80 bits per heavy atom. The minimum absolute atomic E-state index is 0.232. The molecule has 2 N–H and O–H groups in total. The molecular formula is C26H22F3N5O. The number of benzene rings is 1. The molecule has 5 rings (SSSR count). The maximum Gasteiger partial charge on any atom is 0.417 e. The van der Waals surface area contributed by atoms with Gasteiger partial charge in [0.25, 0.3) is 5.91 Å². The third kappa shape index (κ3) is 4.94. The Balaban J connectivity index is 1.30. The number of aromatic nitrogens is 3. The number of halogens is 3. The number of alkyl halides is 3. The molecule has 0 radical (unpaired) electrons. The zero-order valence-electron chi connectivity index (χ0n) is 18.9. The van der Waals surface area contributed by atoms with E-state index in [1.165, 1.54) is 0 Å². The van der Waals surface area contributed by atoms with Gasteiger partial charge >= 0.3 is 6.18 Å². The summed E-state index contributed by atoms with van der Waals surface area (Å²) in [6, 6.07) is 11.7. The molecule has 0 aliphatic carbocycles. The second-order valence-corrected chi connectivity index (χ2v) is 8.56. The van der Waals surface area contributed by atoms with Crippen LogP contribution in [0.3, 0.4) is 0 Å². The van der Waals surface area contributed by atoms with E-state index in [1.807, 2.05) is 6.92 Å². The van der Waals surface area contributed by atoms with Crippen LogP contribution in [0.25, 0.3) is 10.9 Å². The lowest BCUT2D eigenvalue weighted by Gasteiger charge is -2.11. The number of anilines is 1. The lowest BCUT2D eigenvalue weighted by Crippen LogP contribution is -2.23. The van der Waals surface area contributed by atoms with Gasteiger partial charge in [-0.05, 0) is 66.4 Å². The second kappa shape index (κ2) is 8.98. The Labute approximate surface area is 199 Å². The van der Waals surface area contributed by atoms with Gasteiger partial charge in [-0.1, -0.05) is 6.07 Å². The highest BCUT2D eigenvalue weighted by Crippen LogP contribution is 2.31. The summed E-state index contributed by atoms with van der Waals surface area (Å²) in [5.74, 6) is 0.680. The summed E-state index contributed by atoms with van der Waals surface area (Å²) >= 11 is 0. The van der Waals surface area contributed by atoms with Crippen molar-refractivity contribution in [2.45, 2.75) is 32.5 Å². The molecular weight excluding hydrogens is 455 g/mol. The van der Waals surface area contributed by atoms with Crippen LogP contribution in [-0.4, -0.2) is 27.4 Å². The number of rotatable bonds is 5. The van der Waals surface area contributed by atoms with Gasteiger partial charge < -0.3 is 10.6 Å². The molecule has 6 nitrogen and oxygen atoms in total. The molecule has 0 saturated heterocycles. The third-order valence-corrected chi connectivity index (χ3v) is 6.06. The normalized spacial score (nSPS) is 12.9. The molecule has 1 aliphatic heterocycles. The van der Waals surface area contributed by atoms with Crippen LogP contribution in [0.15, 0.2) is 54.9 Å². The molecule has 1 aromatic carbocycles. The van der Waals surface area contributed by atoms with E-state index >= 15 is 0 Å².